The van der Waals surface area contributed by atoms with Crippen LogP contribution in [-0.4, -0.2) is 36.4 Å². The molecule has 0 radical (unpaired) electrons. The first kappa shape index (κ1) is 13.5. The molecule has 106 valence electrons. The lowest BCUT2D eigenvalue weighted by Gasteiger charge is -2.11. The van der Waals surface area contributed by atoms with Crippen molar-refractivity contribution in [3.05, 3.63) is 34.9 Å². The van der Waals surface area contributed by atoms with Gasteiger partial charge >= 0.3 is 0 Å². The molecule has 0 amide bonds. The SMILES string of the molecule is CNC1COCC1c1nc(-c2ccc(F)cc2Cl)no1. The lowest BCUT2D eigenvalue weighted by molar-refractivity contribution is 0.185. The first-order chi connectivity index (χ1) is 9.69. The summed E-state index contributed by atoms with van der Waals surface area (Å²) in [7, 11) is 1.86. The van der Waals surface area contributed by atoms with Crippen LogP contribution in [0, 0.1) is 5.82 Å². The minimum absolute atomic E-state index is 0.0143. The van der Waals surface area contributed by atoms with Gasteiger partial charge in [-0.05, 0) is 25.2 Å². The summed E-state index contributed by atoms with van der Waals surface area (Å²) in [6.07, 6.45) is 0. The van der Waals surface area contributed by atoms with Crippen LogP contribution in [0.2, 0.25) is 5.02 Å². The zero-order valence-corrected chi connectivity index (χ0v) is 11.5. The summed E-state index contributed by atoms with van der Waals surface area (Å²) in [5, 5.41) is 7.32. The first-order valence-electron chi connectivity index (χ1n) is 6.23. The second-order valence-corrected chi connectivity index (χ2v) is 5.03. The minimum atomic E-state index is -0.401. The molecule has 1 aliphatic heterocycles. The van der Waals surface area contributed by atoms with Crippen molar-refractivity contribution in [3.8, 4) is 11.4 Å². The van der Waals surface area contributed by atoms with E-state index in [0.717, 1.165) is 0 Å². The van der Waals surface area contributed by atoms with E-state index in [1.165, 1.54) is 18.2 Å². The average Bonchev–Trinajstić information content (AvgIpc) is 3.06. The smallest absolute Gasteiger partial charge is 0.234 e. The number of hydrogen-bond donors (Lipinski definition) is 1. The van der Waals surface area contributed by atoms with Crippen LogP contribution in [0.15, 0.2) is 22.7 Å². The molecule has 1 fully saturated rings. The Balaban J connectivity index is 1.90. The number of benzene rings is 1. The van der Waals surface area contributed by atoms with Crippen LogP contribution in [-0.2, 0) is 4.74 Å². The maximum absolute atomic E-state index is 13.0. The maximum Gasteiger partial charge on any atom is 0.234 e. The molecule has 5 nitrogen and oxygen atoms in total. The van der Waals surface area contributed by atoms with Gasteiger partial charge < -0.3 is 14.6 Å². The Bertz CT molecular complexity index is 619. The molecular formula is C13H13ClFN3O2. The summed E-state index contributed by atoms with van der Waals surface area (Å²) in [5.74, 6) is 0.464. The first-order valence-corrected chi connectivity index (χ1v) is 6.61. The van der Waals surface area contributed by atoms with Crippen molar-refractivity contribution in [2.24, 2.45) is 0 Å². The highest BCUT2D eigenvalue weighted by atomic mass is 35.5. The second kappa shape index (κ2) is 5.47. The largest absolute Gasteiger partial charge is 0.379 e. The Labute approximate surface area is 120 Å². The number of ether oxygens (including phenoxy) is 1. The van der Waals surface area contributed by atoms with E-state index in [4.69, 9.17) is 20.9 Å². The quantitative estimate of drug-likeness (QED) is 0.941. The van der Waals surface area contributed by atoms with Crippen molar-refractivity contribution in [2.45, 2.75) is 12.0 Å². The minimum Gasteiger partial charge on any atom is -0.379 e. The van der Waals surface area contributed by atoms with Gasteiger partial charge in [-0.25, -0.2) is 4.39 Å². The topological polar surface area (TPSA) is 60.2 Å². The molecule has 20 heavy (non-hydrogen) atoms. The van der Waals surface area contributed by atoms with Gasteiger partial charge in [-0.3, -0.25) is 0 Å². The third-order valence-electron chi connectivity index (χ3n) is 3.38. The fourth-order valence-corrected chi connectivity index (χ4v) is 2.50. The molecule has 2 heterocycles. The molecule has 0 spiro atoms. The van der Waals surface area contributed by atoms with Gasteiger partial charge in [0.15, 0.2) is 0 Å². The standard InChI is InChI=1S/C13H13ClFN3O2/c1-16-11-6-19-5-9(11)13-17-12(18-20-13)8-3-2-7(15)4-10(8)14/h2-4,9,11,16H,5-6H2,1H3. The van der Waals surface area contributed by atoms with Crippen LogP contribution in [0.5, 0.6) is 0 Å². The van der Waals surface area contributed by atoms with Gasteiger partial charge in [0, 0.05) is 11.6 Å². The van der Waals surface area contributed by atoms with Gasteiger partial charge in [0.1, 0.15) is 5.82 Å². The van der Waals surface area contributed by atoms with Crippen LogP contribution in [0.25, 0.3) is 11.4 Å². The van der Waals surface area contributed by atoms with Gasteiger partial charge in [-0.1, -0.05) is 16.8 Å². The van der Waals surface area contributed by atoms with Crippen LogP contribution < -0.4 is 5.32 Å². The normalized spacial score (nSPS) is 22.4. The Morgan fingerprint density at radius 2 is 2.25 bits per heavy atom. The zero-order valence-electron chi connectivity index (χ0n) is 10.8. The van der Waals surface area contributed by atoms with Crippen LogP contribution in [0.4, 0.5) is 4.39 Å². The van der Waals surface area contributed by atoms with Crippen LogP contribution in [0.3, 0.4) is 0 Å². The molecule has 2 atom stereocenters. The maximum atomic E-state index is 13.0. The highest BCUT2D eigenvalue weighted by molar-refractivity contribution is 6.33. The number of rotatable bonds is 3. The van der Waals surface area contributed by atoms with Crippen molar-refractivity contribution >= 4 is 11.6 Å². The lowest BCUT2D eigenvalue weighted by Crippen LogP contribution is -2.31. The summed E-state index contributed by atoms with van der Waals surface area (Å²) in [4.78, 5) is 4.35. The van der Waals surface area contributed by atoms with E-state index in [0.29, 0.717) is 30.5 Å². The van der Waals surface area contributed by atoms with Crippen molar-refractivity contribution in [2.75, 3.05) is 20.3 Å². The molecule has 1 aliphatic rings. The monoisotopic (exact) mass is 297 g/mol. The highest BCUT2D eigenvalue weighted by Crippen LogP contribution is 2.29. The van der Waals surface area contributed by atoms with E-state index in [2.05, 4.69) is 15.5 Å². The fraction of sp³-hybridized carbons (Fsp3) is 0.385. The number of nitrogens with zero attached hydrogens (tertiary/aromatic N) is 2. The Morgan fingerprint density at radius 3 is 3.00 bits per heavy atom. The predicted molar refractivity (Wildman–Crippen MR) is 71.1 cm³/mol. The number of nitrogens with one attached hydrogen (secondary N) is 1. The van der Waals surface area contributed by atoms with E-state index < -0.39 is 5.82 Å². The molecule has 1 aromatic heterocycles. The number of hydrogen-bond acceptors (Lipinski definition) is 5. The summed E-state index contributed by atoms with van der Waals surface area (Å²) < 4.78 is 23.7. The van der Waals surface area contributed by atoms with Gasteiger partial charge in [-0.15, -0.1) is 0 Å². The molecular weight excluding hydrogens is 285 g/mol. The molecule has 7 heteroatoms. The third-order valence-corrected chi connectivity index (χ3v) is 3.69. The van der Waals surface area contributed by atoms with Crippen LogP contribution in [0.1, 0.15) is 11.8 Å². The summed E-state index contributed by atoms with van der Waals surface area (Å²) in [5.41, 5.74) is 0.544. The summed E-state index contributed by atoms with van der Waals surface area (Å²) in [6.45, 7) is 1.14. The number of likely N-dealkylation sites (N-methyl/N-ethyl adjacent to an activating group) is 1. The lowest BCUT2D eigenvalue weighted by atomic mass is 10.0. The predicted octanol–water partition coefficient (Wildman–Crippen LogP) is 2.23. The van der Waals surface area contributed by atoms with E-state index in [1.54, 1.807) is 0 Å². The van der Waals surface area contributed by atoms with Crippen molar-refractivity contribution < 1.29 is 13.7 Å². The number of halogens is 2. The second-order valence-electron chi connectivity index (χ2n) is 4.62. The molecule has 1 aromatic carbocycles. The average molecular weight is 298 g/mol. The van der Waals surface area contributed by atoms with Crippen molar-refractivity contribution in [1.82, 2.24) is 15.5 Å². The molecule has 2 unspecified atom stereocenters. The Kier molecular flexibility index (Phi) is 3.69. The Hall–Kier alpha value is -1.50. The van der Waals surface area contributed by atoms with Crippen LogP contribution >= 0.6 is 11.6 Å². The van der Waals surface area contributed by atoms with Gasteiger partial charge in [0.2, 0.25) is 11.7 Å². The zero-order chi connectivity index (χ0) is 14.1. The Morgan fingerprint density at radius 1 is 1.40 bits per heavy atom. The molecule has 0 aliphatic carbocycles. The molecule has 2 aromatic rings. The van der Waals surface area contributed by atoms with E-state index in [9.17, 15) is 4.39 Å². The van der Waals surface area contributed by atoms with Gasteiger partial charge in [-0.2, -0.15) is 4.98 Å². The molecule has 3 rings (SSSR count). The third kappa shape index (κ3) is 2.42. The van der Waals surface area contributed by atoms with Crippen molar-refractivity contribution in [3.63, 3.8) is 0 Å². The van der Waals surface area contributed by atoms with E-state index >= 15 is 0 Å². The molecule has 0 bridgehead atoms. The highest BCUT2D eigenvalue weighted by Gasteiger charge is 2.33. The van der Waals surface area contributed by atoms with E-state index in [-0.39, 0.29) is 17.0 Å². The van der Waals surface area contributed by atoms with Gasteiger partial charge in [0.05, 0.1) is 24.2 Å². The van der Waals surface area contributed by atoms with E-state index in [1.807, 2.05) is 7.05 Å². The number of aromatic nitrogens is 2. The fourth-order valence-electron chi connectivity index (χ4n) is 2.25. The summed E-state index contributed by atoms with van der Waals surface area (Å²) in [6, 6.07) is 4.22. The summed E-state index contributed by atoms with van der Waals surface area (Å²) >= 11 is 5.99. The molecule has 0 saturated carbocycles. The van der Waals surface area contributed by atoms with Gasteiger partial charge in [0.25, 0.3) is 0 Å². The molecule has 1 saturated heterocycles. The molecule has 1 N–H and O–H groups in total. The van der Waals surface area contributed by atoms with Crippen molar-refractivity contribution in [1.29, 1.82) is 0 Å².